The molecule has 0 amide bonds. The molecule has 0 radical (unpaired) electrons. The molecule has 5 heteroatoms. The van der Waals surface area contributed by atoms with Crippen molar-refractivity contribution in [3.8, 4) is 0 Å². The predicted molar refractivity (Wildman–Crippen MR) is 57.6 cm³/mol. The molecule has 1 aromatic rings. The van der Waals surface area contributed by atoms with E-state index in [1.165, 1.54) is 0 Å². The molecule has 1 aromatic carbocycles. The van der Waals surface area contributed by atoms with Crippen LogP contribution in [0.25, 0.3) is 0 Å². The predicted octanol–water partition coefficient (Wildman–Crippen LogP) is 1.73. The Bertz CT molecular complexity index is 395. The fourth-order valence-electron chi connectivity index (χ4n) is 1.71. The summed E-state index contributed by atoms with van der Waals surface area (Å²) in [4.78, 5) is 11.5. The Balaban J connectivity index is 1.83. The second-order valence-corrected chi connectivity index (χ2v) is 4.09. The van der Waals surface area contributed by atoms with E-state index in [1.54, 1.807) is 0 Å². The lowest BCUT2D eigenvalue weighted by Crippen LogP contribution is -2.32. The van der Waals surface area contributed by atoms with Crippen LogP contribution in [0, 0.1) is 0 Å². The van der Waals surface area contributed by atoms with Crippen molar-refractivity contribution in [2.45, 2.75) is 25.0 Å². The minimum Gasteiger partial charge on any atom is -0.460 e. The number of halogens is 2. The molecule has 0 aliphatic carbocycles. The van der Waals surface area contributed by atoms with Crippen LogP contribution >= 0.6 is 0 Å². The fourth-order valence-corrected chi connectivity index (χ4v) is 1.71. The minimum atomic E-state index is -2.81. The Morgan fingerprint density at radius 1 is 1.41 bits per heavy atom. The Labute approximate surface area is 97.8 Å². The molecule has 1 saturated heterocycles. The lowest BCUT2D eigenvalue weighted by Gasteiger charge is -2.10. The summed E-state index contributed by atoms with van der Waals surface area (Å²) in [6.07, 6.45) is -0.485. The minimum absolute atomic E-state index is 0.115. The summed E-state index contributed by atoms with van der Waals surface area (Å²) in [7, 11) is 0. The van der Waals surface area contributed by atoms with Crippen LogP contribution in [0.3, 0.4) is 0 Å². The molecule has 1 heterocycles. The molecular weight excluding hydrogens is 228 g/mol. The summed E-state index contributed by atoms with van der Waals surface area (Å²) in [5.41, 5.74) is 0.839. The van der Waals surface area contributed by atoms with Crippen LogP contribution in [-0.4, -0.2) is 24.5 Å². The van der Waals surface area contributed by atoms with Crippen molar-refractivity contribution in [2.75, 3.05) is 6.54 Å². The molecule has 0 aromatic heterocycles. The number of benzene rings is 1. The molecule has 1 aliphatic heterocycles. The lowest BCUT2D eigenvalue weighted by atomic mass is 10.2. The summed E-state index contributed by atoms with van der Waals surface area (Å²) >= 11 is 0. The Kier molecular flexibility index (Phi) is 3.38. The number of ether oxygens (including phenoxy) is 1. The van der Waals surface area contributed by atoms with Gasteiger partial charge >= 0.3 is 5.97 Å². The van der Waals surface area contributed by atoms with Gasteiger partial charge in [0.05, 0.1) is 6.54 Å². The van der Waals surface area contributed by atoms with Crippen LogP contribution in [0.15, 0.2) is 30.3 Å². The van der Waals surface area contributed by atoms with E-state index in [2.05, 4.69) is 5.32 Å². The van der Waals surface area contributed by atoms with Crippen LogP contribution in [0.2, 0.25) is 0 Å². The Morgan fingerprint density at radius 2 is 2.12 bits per heavy atom. The monoisotopic (exact) mass is 241 g/mol. The third-order valence-electron chi connectivity index (χ3n) is 2.62. The van der Waals surface area contributed by atoms with Crippen molar-refractivity contribution in [3.63, 3.8) is 0 Å². The van der Waals surface area contributed by atoms with Crippen molar-refractivity contribution in [2.24, 2.45) is 0 Å². The second-order valence-electron chi connectivity index (χ2n) is 4.09. The largest absolute Gasteiger partial charge is 0.460 e. The zero-order chi connectivity index (χ0) is 12.3. The molecule has 0 unspecified atom stereocenters. The molecule has 3 nitrogen and oxygen atoms in total. The molecule has 1 aliphatic rings. The average Bonchev–Trinajstić information content (AvgIpc) is 2.68. The van der Waals surface area contributed by atoms with Crippen molar-refractivity contribution in [1.29, 1.82) is 0 Å². The first kappa shape index (κ1) is 12.0. The van der Waals surface area contributed by atoms with Gasteiger partial charge in [0, 0.05) is 6.42 Å². The van der Waals surface area contributed by atoms with Gasteiger partial charge in [0.1, 0.15) is 12.6 Å². The first-order valence-corrected chi connectivity index (χ1v) is 5.39. The van der Waals surface area contributed by atoms with Gasteiger partial charge in [-0.1, -0.05) is 30.3 Å². The topological polar surface area (TPSA) is 38.3 Å². The summed E-state index contributed by atoms with van der Waals surface area (Å²) in [5.74, 6) is -3.43. The highest BCUT2D eigenvalue weighted by molar-refractivity contribution is 5.76. The number of hydrogen-bond acceptors (Lipinski definition) is 3. The maximum absolute atomic E-state index is 12.8. The van der Waals surface area contributed by atoms with E-state index < -0.39 is 30.9 Å². The van der Waals surface area contributed by atoms with Gasteiger partial charge in [-0.3, -0.25) is 10.1 Å². The normalized spacial score (nSPS) is 22.4. The molecular formula is C12H13F2NO2. The molecule has 1 N–H and O–H groups in total. The Hall–Kier alpha value is -1.49. The number of hydrogen-bond donors (Lipinski definition) is 1. The van der Waals surface area contributed by atoms with E-state index in [0.717, 1.165) is 5.56 Å². The van der Waals surface area contributed by atoms with E-state index in [9.17, 15) is 13.6 Å². The molecule has 17 heavy (non-hydrogen) atoms. The van der Waals surface area contributed by atoms with Gasteiger partial charge in [-0.05, 0) is 5.56 Å². The van der Waals surface area contributed by atoms with Gasteiger partial charge in [0.25, 0.3) is 5.92 Å². The van der Waals surface area contributed by atoms with Crippen LogP contribution in [0.5, 0.6) is 0 Å². The molecule has 0 saturated carbocycles. The molecule has 1 fully saturated rings. The fraction of sp³-hybridized carbons (Fsp3) is 0.417. The quantitative estimate of drug-likeness (QED) is 0.819. The maximum Gasteiger partial charge on any atom is 0.323 e. The van der Waals surface area contributed by atoms with Gasteiger partial charge in [-0.25, -0.2) is 8.78 Å². The van der Waals surface area contributed by atoms with Gasteiger partial charge < -0.3 is 4.74 Å². The first-order chi connectivity index (χ1) is 8.07. The third-order valence-corrected chi connectivity index (χ3v) is 2.62. The highest BCUT2D eigenvalue weighted by Crippen LogP contribution is 2.25. The van der Waals surface area contributed by atoms with Crippen molar-refractivity contribution >= 4 is 5.97 Å². The van der Waals surface area contributed by atoms with Gasteiger partial charge in [0.2, 0.25) is 0 Å². The van der Waals surface area contributed by atoms with Crippen molar-refractivity contribution < 1.29 is 18.3 Å². The molecule has 92 valence electrons. The van der Waals surface area contributed by atoms with E-state index in [-0.39, 0.29) is 6.61 Å². The van der Waals surface area contributed by atoms with Gasteiger partial charge in [0.15, 0.2) is 0 Å². The van der Waals surface area contributed by atoms with Crippen molar-refractivity contribution in [1.82, 2.24) is 5.32 Å². The number of rotatable bonds is 3. The number of nitrogens with one attached hydrogen (secondary N) is 1. The highest BCUT2D eigenvalue weighted by Gasteiger charge is 2.43. The standard InChI is InChI=1S/C12H13F2NO2/c13-12(14)6-10(15-8-12)11(16)17-7-9-4-2-1-3-5-9/h1-5,10,15H,6-8H2/t10-/m1/s1. The Morgan fingerprint density at radius 3 is 2.71 bits per heavy atom. The third kappa shape index (κ3) is 3.23. The van der Waals surface area contributed by atoms with E-state index in [0.29, 0.717) is 0 Å². The average molecular weight is 241 g/mol. The number of carbonyl (C=O) groups excluding carboxylic acids is 1. The van der Waals surface area contributed by atoms with Crippen LogP contribution in [0.1, 0.15) is 12.0 Å². The zero-order valence-corrected chi connectivity index (χ0v) is 9.16. The van der Waals surface area contributed by atoms with Gasteiger partial charge in [-0.2, -0.15) is 0 Å². The summed E-state index contributed by atoms with van der Waals surface area (Å²) in [6, 6.07) is 8.22. The van der Waals surface area contributed by atoms with Crippen LogP contribution < -0.4 is 5.32 Å². The SMILES string of the molecule is O=C(OCc1ccccc1)[C@H]1CC(F)(F)CN1. The van der Waals surface area contributed by atoms with E-state index >= 15 is 0 Å². The van der Waals surface area contributed by atoms with Gasteiger partial charge in [-0.15, -0.1) is 0 Å². The summed E-state index contributed by atoms with van der Waals surface area (Å²) in [6.45, 7) is -0.346. The summed E-state index contributed by atoms with van der Waals surface area (Å²) < 4.78 is 30.7. The maximum atomic E-state index is 12.8. The van der Waals surface area contributed by atoms with E-state index in [1.807, 2.05) is 30.3 Å². The second kappa shape index (κ2) is 4.79. The van der Waals surface area contributed by atoms with Crippen LogP contribution in [-0.2, 0) is 16.1 Å². The van der Waals surface area contributed by atoms with Crippen LogP contribution in [0.4, 0.5) is 8.78 Å². The van der Waals surface area contributed by atoms with Crippen molar-refractivity contribution in [3.05, 3.63) is 35.9 Å². The first-order valence-electron chi connectivity index (χ1n) is 5.39. The smallest absolute Gasteiger partial charge is 0.323 e. The molecule has 0 bridgehead atoms. The summed E-state index contributed by atoms with van der Waals surface area (Å²) in [5, 5.41) is 2.46. The van der Waals surface area contributed by atoms with E-state index in [4.69, 9.17) is 4.74 Å². The molecule has 0 spiro atoms. The lowest BCUT2D eigenvalue weighted by molar-refractivity contribution is -0.147. The number of esters is 1. The highest BCUT2D eigenvalue weighted by atomic mass is 19.3. The number of alkyl halides is 2. The number of carbonyl (C=O) groups is 1. The molecule has 2 rings (SSSR count). The zero-order valence-electron chi connectivity index (χ0n) is 9.16. The molecule has 1 atom stereocenters.